The van der Waals surface area contributed by atoms with Crippen molar-refractivity contribution >= 4 is 5.91 Å². The van der Waals surface area contributed by atoms with Crippen LogP contribution < -0.4 is 11.1 Å². The molecule has 4 heteroatoms. The second-order valence-corrected chi connectivity index (χ2v) is 7.68. The van der Waals surface area contributed by atoms with Crippen LogP contribution in [0.25, 0.3) is 0 Å². The first-order valence-corrected chi connectivity index (χ1v) is 8.90. The van der Waals surface area contributed by atoms with Gasteiger partial charge in [0.2, 0.25) is 5.91 Å². The van der Waals surface area contributed by atoms with E-state index in [2.05, 4.69) is 17.1 Å². The van der Waals surface area contributed by atoms with E-state index in [0.717, 1.165) is 38.1 Å². The van der Waals surface area contributed by atoms with E-state index < -0.39 is 5.54 Å². The van der Waals surface area contributed by atoms with E-state index >= 15 is 0 Å². The lowest BCUT2D eigenvalue weighted by molar-refractivity contribution is -0.126. The number of amides is 1. The van der Waals surface area contributed by atoms with Crippen LogP contribution in [0.2, 0.25) is 0 Å². The van der Waals surface area contributed by atoms with Crippen LogP contribution in [-0.4, -0.2) is 42.0 Å². The summed E-state index contributed by atoms with van der Waals surface area (Å²) in [5.41, 5.74) is 5.41. The molecule has 1 amide bonds. The highest BCUT2D eigenvalue weighted by Crippen LogP contribution is 2.40. The Labute approximate surface area is 128 Å². The predicted octanol–water partition coefficient (Wildman–Crippen LogP) is 1.88. The maximum atomic E-state index is 12.1. The Morgan fingerprint density at radius 3 is 2.76 bits per heavy atom. The van der Waals surface area contributed by atoms with Gasteiger partial charge < -0.3 is 16.0 Å². The van der Waals surface area contributed by atoms with Gasteiger partial charge >= 0.3 is 0 Å². The zero-order valence-electron chi connectivity index (χ0n) is 13.4. The minimum atomic E-state index is -0.400. The Morgan fingerprint density at radius 2 is 2.10 bits per heavy atom. The molecular formula is C17H31N3O. The second kappa shape index (κ2) is 6.25. The molecule has 3 unspecified atom stereocenters. The molecule has 0 aromatic rings. The Morgan fingerprint density at radius 1 is 1.29 bits per heavy atom. The highest BCUT2D eigenvalue weighted by molar-refractivity contribution is 5.85. The fourth-order valence-electron chi connectivity index (χ4n) is 4.47. The lowest BCUT2D eigenvalue weighted by Gasteiger charge is -2.36. The number of nitrogens with two attached hydrogens (primary N) is 1. The van der Waals surface area contributed by atoms with Crippen LogP contribution >= 0.6 is 0 Å². The van der Waals surface area contributed by atoms with Gasteiger partial charge in [-0.25, -0.2) is 0 Å². The Bertz CT molecular complexity index is 382. The van der Waals surface area contributed by atoms with Crippen LogP contribution in [-0.2, 0) is 4.79 Å². The highest BCUT2D eigenvalue weighted by atomic mass is 16.1. The molecule has 0 spiro atoms. The molecule has 0 aromatic carbocycles. The van der Waals surface area contributed by atoms with Crippen molar-refractivity contribution in [2.45, 2.75) is 69.9 Å². The van der Waals surface area contributed by atoms with E-state index in [1.165, 1.54) is 38.8 Å². The molecule has 120 valence electrons. The molecule has 1 aliphatic heterocycles. The molecule has 3 fully saturated rings. The zero-order valence-corrected chi connectivity index (χ0v) is 13.4. The van der Waals surface area contributed by atoms with Gasteiger partial charge in [0.1, 0.15) is 5.54 Å². The van der Waals surface area contributed by atoms with E-state index in [9.17, 15) is 4.79 Å². The third-order valence-corrected chi connectivity index (χ3v) is 5.83. The smallest absolute Gasteiger partial charge is 0.238 e. The number of nitrogens with one attached hydrogen (secondary N) is 1. The summed E-state index contributed by atoms with van der Waals surface area (Å²) in [6.45, 7) is 5.95. The Hall–Kier alpha value is -0.610. The van der Waals surface area contributed by atoms with Crippen LogP contribution in [0.15, 0.2) is 0 Å². The largest absolute Gasteiger partial charge is 0.368 e. The quantitative estimate of drug-likeness (QED) is 0.786. The zero-order chi connectivity index (χ0) is 14.9. The summed E-state index contributed by atoms with van der Waals surface area (Å²) in [6.07, 6.45) is 9.49. The molecule has 0 aromatic heterocycles. The topological polar surface area (TPSA) is 58.4 Å². The monoisotopic (exact) mass is 293 g/mol. The molecule has 3 rings (SSSR count). The standard InChI is InChI=1S/C17H31N3O/c1-13-4-3-10-20(12-13)11-8-14-5-2-9-17(14,16(18)21)19-15-6-7-15/h13-15,19H,2-12H2,1H3,(H2,18,21). The number of hydrogen-bond acceptors (Lipinski definition) is 3. The fraction of sp³-hybridized carbons (Fsp3) is 0.941. The van der Waals surface area contributed by atoms with Crippen LogP contribution in [0.4, 0.5) is 0 Å². The van der Waals surface area contributed by atoms with E-state index in [1.807, 2.05) is 0 Å². The summed E-state index contributed by atoms with van der Waals surface area (Å²) in [7, 11) is 0. The lowest BCUT2D eigenvalue weighted by atomic mass is 9.83. The normalized spacial score (nSPS) is 37.8. The molecule has 3 N–H and O–H groups in total. The summed E-state index contributed by atoms with van der Waals surface area (Å²) in [6, 6.07) is 0.549. The number of carbonyl (C=O) groups excluding carboxylic acids is 1. The van der Waals surface area contributed by atoms with Crippen molar-refractivity contribution in [3.63, 3.8) is 0 Å². The summed E-state index contributed by atoms with van der Waals surface area (Å²) in [5.74, 6) is 1.16. The summed E-state index contributed by atoms with van der Waals surface area (Å²) < 4.78 is 0. The molecule has 3 atom stereocenters. The van der Waals surface area contributed by atoms with Crippen molar-refractivity contribution in [1.82, 2.24) is 10.2 Å². The van der Waals surface area contributed by atoms with Gasteiger partial charge in [0.15, 0.2) is 0 Å². The van der Waals surface area contributed by atoms with Gasteiger partial charge in [-0.2, -0.15) is 0 Å². The third-order valence-electron chi connectivity index (χ3n) is 5.83. The van der Waals surface area contributed by atoms with Gasteiger partial charge in [0, 0.05) is 12.6 Å². The predicted molar refractivity (Wildman–Crippen MR) is 84.9 cm³/mol. The number of piperidine rings is 1. The Balaban J connectivity index is 1.58. The van der Waals surface area contributed by atoms with E-state index in [0.29, 0.717) is 12.0 Å². The number of carbonyl (C=O) groups is 1. The molecule has 4 nitrogen and oxygen atoms in total. The fourth-order valence-corrected chi connectivity index (χ4v) is 4.47. The minimum Gasteiger partial charge on any atom is -0.368 e. The van der Waals surface area contributed by atoms with Gasteiger partial charge in [0.05, 0.1) is 0 Å². The number of hydrogen-bond donors (Lipinski definition) is 2. The van der Waals surface area contributed by atoms with Gasteiger partial charge in [-0.05, 0) is 69.9 Å². The molecule has 1 heterocycles. The van der Waals surface area contributed by atoms with Crippen molar-refractivity contribution in [2.24, 2.45) is 17.6 Å². The van der Waals surface area contributed by atoms with Crippen molar-refractivity contribution in [2.75, 3.05) is 19.6 Å². The van der Waals surface area contributed by atoms with E-state index in [1.54, 1.807) is 0 Å². The molecule has 21 heavy (non-hydrogen) atoms. The van der Waals surface area contributed by atoms with Crippen LogP contribution in [0.1, 0.15) is 58.3 Å². The summed E-state index contributed by atoms with van der Waals surface area (Å²) in [5, 5.41) is 3.62. The number of rotatable bonds is 6. The van der Waals surface area contributed by atoms with E-state index in [-0.39, 0.29) is 5.91 Å². The number of nitrogens with zero attached hydrogens (tertiary/aromatic N) is 1. The average Bonchev–Trinajstić information content (AvgIpc) is 3.15. The average molecular weight is 293 g/mol. The van der Waals surface area contributed by atoms with Crippen molar-refractivity contribution in [1.29, 1.82) is 0 Å². The Kier molecular flexibility index (Phi) is 4.55. The molecule has 0 bridgehead atoms. The second-order valence-electron chi connectivity index (χ2n) is 7.68. The van der Waals surface area contributed by atoms with E-state index in [4.69, 9.17) is 5.73 Å². The van der Waals surface area contributed by atoms with Crippen LogP contribution in [0, 0.1) is 11.8 Å². The lowest BCUT2D eigenvalue weighted by Crippen LogP contribution is -2.59. The minimum absolute atomic E-state index is 0.107. The molecule has 1 saturated heterocycles. The highest BCUT2D eigenvalue weighted by Gasteiger charge is 2.49. The summed E-state index contributed by atoms with van der Waals surface area (Å²) in [4.78, 5) is 14.7. The molecular weight excluding hydrogens is 262 g/mol. The molecule has 2 aliphatic carbocycles. The molecule has 0 radical (unpaired) electrons. The third kappa shape index (κ3) is 3.42. The van der Waals surface area contributed by atoms with Gasteiger partial charge in [-0.15, -0.1) is 0 Å². The molecule has 3 aliphatic rings. The van der Waals surface area contributed by atoms with Crippen LogP contribution in [0.5, 0.6) is 0 Å². The van der Waals surface area contributed by atoms with Crippen molar-refractivity contribution < 1.29 is 4.79 Å². The van der Waals surface area contributed by atoms with Gasteiger partial charge in [-0.1, -0.05) is 13.3 Å². The number of likely N-dealkylation sites (tertiary alicyclic amines) is 1. The van der Waals surface area contributed by atoms with Gasteiger partial charge in [0.25, 0.3) is 0 Å². The number of primary amides is 1. The summed E-state index contributed by atoms with van der Waals surface area (Å²) >= 11 is 0. The first kappa shape index (κ1) is 15.3. The van der Waals surface area contributed by atoms with Gasteiger partial charge in [-0.3, -0.25) is 4.79 Å². The first-order chi connectivity index (χ1) is 10.1. The SMILES string of the molecule is CC1CCCN(CCC2CCCC2(NC2CC2)C(N)=O)C1. The maximum Gasteiger partial charge on any atom is 0.238 e. The maximum absolute atomic E-state index is 12.1. The van der Waals surface area contributed by atoms with Crippen molar-refractivity contribution in [3.05, 3.63) is 0 Å². The van der Waals surface area contributed by atoms with Crippen molar-refractivity contribution in [3.8, 4) is 0 Å². The van der Waals surface area contributed by atoms with Crippen LogP contribution in [0.3, 0.4) is 0 Å². The molecule has 2 saturated carbocycles. The first-order valence-electron chi connectivity index (χ1n) is 8.90.